The lowest BCUT2D eigenvalue weighted by Crippen LogP contribution is -2.32. The molecule has 5 nitrogen and oxygen atoms in total. The van der Waals surface area contributed by atoms with E-state index in [2.05, 4.69) is 42.0 Å². The number of nitroso groups, excluding NO2 is 1. The van der Waals surface area contributed by atoms with E-state index in [9.17, 15) is 9.70 Å². The summed E-state index contributed by atoms with van der Waals surface area (Å²) < 4.78 is 0.953. The van der Waals surface area contributed by atoms with Crippen LogP contribution in [0.1, 0.15) is 29.3 Å². The molecule has 1 amide bonds. The van der Waals surface area contributed by atoms with Gasteiger partial charge in [-0.15, -0.1) is 4.91 Å². The van der Waals surface area contributed by atoms with Crippen LogP contribution in [0.2, 0.25) is 0 Å². The quantitative estimate of drug-likeness (QED) is 0.587. The van der Waals surface area contributed by atoms with E-state index in [0.717, 1.165) is 17.7 Å². The Bertz CT molecular complexity index is 727. The lowest BCUT2D eigenvalue weighted by atomic mass is 10.1. The van der Waals surface area contributed by atoms with Crippen molar-refractivity contribution in [1.82, 2.24) is 4.98 Å². The minimum absolute atomic E-state index is 0.151. The zero-order valence-electron chi connectivity index (χ0n) is 12.7. The minimum Gasteiger partial charge on any atom is -0.307 e. The molecule has 1 heterocycles. The van der Waals surface area contributed by atoms with Crippen molar-refractivity contribution in [3.63, 3.8) is 0 Å². The number of aromatic nitrogens is 1. The van der Waals surface area contributed by atoms with E-state index in [1.54, 1.807) is 29.4 Å². The average molecular weight is 441 g/mol. The van der Waals surface area contributed by atoms with Crippen LogP contribution in [-0.4, -0.2) is 17.4 Å². The van der Waals surface area contributed by atoms with Gasteiger partial charge >= 0.3 is 0 Å². The smallest absolute Gasteiger partial charge is 0.258 e. The minimum atomic E-state index is -0.151. The molecule has 2 aromatic rings. The second-order valence-corrected chi connectivity index (χ2v) is 6.71. The molecular weight excluding hydrogens is 426 g/mol. The molecule has 0 fully saturated rings. The first-order valence-electron chi connectivity index (χ1n) is 7.04. The van der Waals surface area contributed by atoms with Crippen molar-refractivity contribution in [3.8, 4) is 0 Å². The Morgan fingerprint density at radius 1 is 1.30 bits per heavy atom. The van der Waals surface area contributed by atoms with Crippen molar-refractivity contribution in [2.24, 2.45) is 5.18 Å². The van der Waals surface area contributed by atoms with E-state index in [1.165, 1.54) is 0 Å². The number of hydrogen-bond donors (Lipinski definition) is 0. The second kappa shape index (κ2) is 7.79. The SMILES string of the molecule is CCCN(C(=O)c1cc(Br)c(N=O)c(Br)c1)c1cnccc1C. The largest absolute Gasteiger partial charge is 0.307 e. The van der Waals surface area contributed by atoms with Crippen LogP contribution < -0.4 is 4.90 Å². The first kappa shape index (κ1) is 17.7. The normalized spacial score (nSPS) is 10.4. The van der Waals surface area contributed by atoms with Gasteiger partial charge < -0.3 is 4.90 Å². The molecule has 0 saturated heterocycles. The molecule has 0 aliphatic rings. The number of carbonyl (C=O) groups is 1. The van der Waals surface area contributed by atoms with Gasteiger partial charge in [0.1, 0.15) is 5.69 Å². The van der Waals surface area contributed by atoms with Crippen LogP contribution in [0, 0.1) is 11.8 Å². The van der Waals surface area contributed by atoms with E-state index in [0.29, 0.717) is 21.1 Å². The van der Waals surface area contributed by atoms with Gasteiger partial charge in [-0.3, -0.25) is 9.78 Å². The van der Waals surface area contributed by atoms with E-state index < -0.39 is 0 Å². The van der Waals surface area contributed by atoms with Crippen molar-refractivity contribution in [1.29, 1.82) is 0 Å². The molecule has 120 valence electrons. The fourth-order valence-electron chi connectivity index (χ4n) is 2.23. The van der Waals surface area contributed by atoms with Gasteiger partial charge in [-0.05, 0) is 74.1 Å². The molecular formula is C16H15Br2N3O2. The zero-order valence-corrected chi connectivity index (χ0v) is 15.9. The molecule has 23 heavy (non-hydrogen) atoms. The summed E-state index contributed by atoms with van der Waals surface area (Å²) in [6, 6.07) is 5.09. The highest BCUT2D eigenvalue weighted by atomic mass is 79.9. The summed E-state index contributed by atoms with van der Waals surface area (Å²) in [5.41, 5.74) is 2.46. The summed E-state index contributed by atoms with van der Waals surface area (Å²) in [4.78, 5) is 29.6. The molecule has 7 heteroatoms. The van der Waals surface area contributed by atoms with Crippen LogP contribution >= 0.6 is 31.9 Å². The van der Waals surface area contributed by atoms with Gasteiger partial charge in [0, 0.05) is 27.3 Å². The van der Waals surface area contributed by atoms with Crippen molar-refractivity contribution in [2.45, 2.75) is 20.3 Å². The molecule has 0 aliphatic heterocycles. The van der Waals surface area contributed by atoms with Crippen molar-refractivity contribution in [2.75, 3.05) is 11.4 Å². The van der Waals surface area contributed by atoms with E-state index in [4.69, 9.17) is 0 Å². The molecule has 0 saturated carbocycles. The summed E-state index contributed by atoms with van der Waals surface area (Å²) in [7, 11) is 0. The van der Waals surface area contributed by atoms with Crippen LogP contribution in [0.15, 0.2) is 44.7 Å². The number of amides is 1. The van der Waals surface area contributed by atoms with Crippen molar-refractivity contribution in [3.05, 3.63) is 55.6 Å². The maximum Gasteiger partial charge on any atom is 0.258 e. The molecule has 0 aliphatic carbocycles. The number of benzene rings is 1. The third-order valence-electron chi connectivity index (χ3n) is 3.35. The fraction of sp³-hybridized carbons (Fsp3) is 0.250. The van der Waals surface area contributed by atoms with Gasteiger partial charge in [-0.1, -0.05) is 6.92 Å². The Kier molecular flexibility index (Phi) is 6.01. The third kappa shape index (κ3) is 3.84. The standard InChI is InChI=1S/C16H15Br2N3O2/c1-3-6-21(14-9-19-5-4-10(14)2)16(22)11-7-12(17)15(20-23)13(18)8-11/h4-5,7-9H,3,6H2,1-2H3. The van der Waals surface area contributed by atoms with E-state index >= 15 is 0 Å². The maximum atomic E-state index is 12.9. The number of anilines is 1. The first-order valence-corrected chi connectivity index (χ1v) is 8.63. The summed E-state index contributed by atoms with van der Waals surface area (Å²) in [5.74, 6) is -0.151. The number of rotatable bonds is 5. The second-order valence-electron chi connectivity index (χ2n) is 5.00. The first-order chi connectivity index (χ1) is 11.0. The molecule has 2 rings (SSSR count). The molecule has 0 bridgehead atoms. The van der Waals surface area contributed by atoms with Gasteiger partial charge in [-0.2, -0.15) is 0 Å². The lowest BCUT2D eigenvalue weighted by molar-refractivity contribution is 0.0986. The van der Waals surface area contributed by atoms with E-state index in [1.807, 2.05) is 19.9 Å². The maximum absolute atomic E-state index is 12.9. The molecule has 0 spiro atoms. The highest BCUT2D eigenvalue weighted by Crippen LogP contribution is 2.35. The zero-order chi connectivity index (χ0) is 17.0. The topological polar surface area (TPSA) is 62.6 Å². The van der Waals surface area contributed by atoms with Crippen LogP contribution in [0.3, 0.4) is 0 Å². The number of pyridine rings is 1. The van der Waals surface area contributed by atoms with Gasteiger partial charge in [-0.25, -0.2) is 0 Å². The van der Waals surface area contributed by atoms with Gasteiger partial charge in [0.2, 0.25) is 0 Å². The Labute approximate surface area is 151 Å². The lowest BCUT2D eigenvalue weighted by Gasteiger charge is -2.24. The Morgan fingerprint density at radius 2 is 1.96 bits per heavy atom. The van der Waals surface area contributed by atoms with Gasteiger partial charge in [0.05, 0.1) is 11.9 Å². The highest BCUT2D eigenvalue weighted by Gasteiger charge is 2.21. The fourth-order valence-corrected chi connectivity index (χ4v) is 3.56. The number of aryl methyl sites for hydroxylation is 1. The Hall–Kier alpha value is -1.60. The molecule has 0 unspecified atom stereocenters. The van der Waals surface area contributed by atoms with Crippen LogP contribution in [0.4, 0.5) is 11.4 Å². The Balaban J connectivity index is 2.47. The summed E-state index contributed by atoms with van der Waals surface area (Å²) >= 11 is 6.56. The number of halogens is 2. The summed E-state index contributed by atoms with van der Waals surface area (Å²) in [5, 5.41) is 2.94. The molecule has 0 atom stereocenters. The van der Waals surface area contributed by atoms with E-state index in [-0.39, 0.29) is 11.6 Å². The monoisotopic (exact) mass is 439 g/mol. The van der Waals surface area contributed by atoms with Gasteiger partial charge in [0.15, 0.2) is 0 Å². The predicted octanol–water partition coefficient (Wildman–Crippen LogP) is 5.37. The molecule has 1 aromatic carbocycles. The molecule has 0 radical (unpaired) electrons. The average Bonchev–Trinajstić information content (AvgIpc) is 2.52. The summed E-state index contributed by atoms with van der Waals surface area (Å²) in [6.07, 6.45) is 4.20. The van der Waals surface area contributed by atoms with Crippen molar-refractivity contribution >= 4 is 49.1 Å². The van der Waals surface area contributed by atoms with Crippen molar-refractivity contribution < 1.29 is 4.79 Å². The number of hydrogen-bond acceptors (Lipinski definition) is 4. The van der Waals surface area contributed by atoms with Crippen LogP contribution in [-0.2, 0) is 0 Å². The third-order valence-corrected chi connectivity index (χ3v) is 4.56. The highest BCUT2D eigenvalue weighted by molar-refractivity contribution is 9.11. The van der Waals surface area contributed by atoms with Crippen LogP contribution in [0.5, 0.6) is 0 Å². The Morgan fingerprint density at radius 3 is 2.48 bits per heavy atom. The van der Waals surface area contributed by atoms with Gasteiger partial charge in [0.25, 0.3) is 5.91 Å². The van der Waals surface area contributed by atoms with Crippen LogP contribution in [0.25, 0.3) is 0 Å². The number of nitrogens with zero attached hydrogens (tertiary/aromatic N) is 3. The molecule has 0 N–H and O–H groups in total. The number of carbonyl (C=O) groups excluding carboxylic acids is 1. The molecule has 1 aromatic heterocycles. The predicted molar refractivity (Wildman–Crippen MR) is 98.2 cm³/mol. The summed E-state index contributed by atoms with van der Waals surface area (Å²) in [6.45, 7) is 4.53.